The van der Waals surface area contributed by atoms with Crippen molar-refractivity contribution in [1.29, 1.82) is 0 Å². The van der Waals surface area contributed by atoms with Crippen LogP contribution in [0.2, 0.25) is 0 Å². The first-order valence-corrected chi connectivity index (χ1v) is 8.45. The van der Waals surface area contributed by atoms with Gasteiger partial charge in [-0.3, -0.25) is 0 Å². The lowest BCUT2D eigenvalue weighted by Crippen LogP contribution is -2.05. The van der Waals surface area contributed by atoms with E-state index in [4.69, 9.17) is 9.15 Å². The summed E-state index contributed by atoms with van der Waals surface area (Å²) in [6.45, 7) is 0.715. The molecule has 0 saturated carbocycles. The highest BCUT2D eigenvalue weighted by atomic mass is 16.5. The Morgan fingerprint density at radius 2 is 2.15 bits per heavy atom. The zero-order valence-corrected chi connectivity index (χ0v) is 14.4. The summed E-state index contributed by atoms with van der Waals surface area (Å²) in [6.07, 6.45) is 5.50. The van der Waals surface area contributed by atoms with Crippen LogP contribution < -0.4 is 5.36 Å². The Balaban J connectivity index is 1.78. The van der Waals surface area contributed by atoms with E-state index in [9.17, 15) is 5.21 Å². The predicted molar refractivity (Wildman–Crippen MR) is 97.9 cm³/mol. The van der Waals surface area contributed by atoms with Crippen molar-refractivity contribution in [2.45, 2.75) is 12.8 Å². The van der Waals surface area contributed by atoms with E-state index in [0.29, 0.717) is 29.0 Å². The molecule has 0 radical (unpaired) electrons. The van der Waals surface area contributed by atoms with Crippen molar-refractivity contribution in [2.75, 3.05) is 13.7 Å². The van der Waals surface area contributed by atoms with Crippen LogP contribution in [0.4, 0.5) is 0 Å². The fourth-order valence-corrected chi connectivity index (χ4v) is 3.07. The number of rotatable bonds is 5. The first-order chi connectivity index (χ1) is 12.8. The summed E-state index contributed by atoms with van der Waals surface area (Å²) in [6, 6.07) is 13.5. The summed E-state index contributed by atoms with van der Waals surface area (Å²) in [4.78, 5) is 4.43. The maximum absolute atomic E-state index is 9.49. The molecule has 3 heterocycles. The number of ether oxygens (including phenoxy) is 1. The van der Waals surface area contributed by atoms with Crippen LogP contribution in [0.15, 0.2) is 64.6 Å². The third-order valence-corrected chi connectivity index (χ3v) is 4.40. The number of hydrogen-bond acceptors (Lipinski definition) is 5. The van der Waals surface area contributed by atoms with E-state index < -0.39 is 0 Å². The number of hydrogen-bond donors (Lipinski definition) is 1. The summed E-state index contributed by atoms with van der Waals surface area (Å²) >= 11 is 0. The molecule has 6 heteroatoms. The van der Waals surface area contributed by atoms with Gasteiger partial charge in [0.15, 0.2) is 5.76 Å². The SMILES string of the molecule is COCCCc1ccc2oc(-c3cc4cccn4cn3)cc(=NO)c2c1. The number of aryl methyl sites for hydroxylation is 1. The fraction of sp³-hybridized carbons (Fsp3) is 0.200. The molecule has 3 aromatic heterocycles. The van der Waals surface area contributed by atoms with Crippen molar-refractivity contribution in [3.05, 3.63) is 65.9 Å². The van der Waals surface area contributed by atoms with Crippen molar-refractivity contribution < 1.29 is 14.4 Å². The molecular weight excluding hydrogens is 330 g/mol. The van der Waals surface area contributed by atoms with Crippen molar-refractivity contribution >= 4 is 16.5 Å². The zero-order valence-electron chi connectivity index (χ0n) is 14.4. The molecular formula is C20H19N3O3. The molecule has 0 bridgehead atoms. The first-order valence-electron chi connectivity index (χ1n) is 8.45. The number of aromatic nitrogens is 2. The summed E-state index contributed by atoms with van der Waals surface area (Å²) < 4.78 is 13.1. The molecule has 0 atom stereocenters. The van der Waals surface area contributed by atoms with Crippen molar-refractivity contribution in [1.82, 2.24) is 9.38 Å². The van der Waals surface area contributed by atoms with Gasteiger partial charge in [0, 0.05) is 36.9 Å². The minimum absolute atomic E-state index is 0.465. The minimum Gasteiger partial charge on any atom is -0.454 e. The van der Waals surface area contributed by atoms with Crippen LogP contribution in [-0.2, 0) is 11.2 Å². The van der Waals surface area contributed by atoms with Crippen molar-refractivity contribution in [3.63, 3.8) is 0 Å². The molecule has 0 unspecified atom stereocenters. The molecule has 1 aromatic carbocycles. The molecule has 0 fully saturated rings. The number of benzene rings is 1. The van der Waals surface area contributed by atoms with Gasteiger partial charge in [-0.1, -0.05) is 11.2 Å². The maximum atomic E-state index is 9.49. The molecule has 0 saturated heterocycles. The van der Waals surface area contributed by atoms with Crippen LogP contribution in [-0.4, -0.2) is 28.3 Å². The van der Waals surface area contributed by atoms with E-state index in [-0.39, 0.29) is 0 Å². The average Bonchev–Trinajstić information content (AvgIpc) is 3.15. The molecule has 26 heavy (non-hydrogen) atoms. The fourth-order valence-electron chi connectivity index (χ4n) is 3.07. The van der Waals surface area contributed by atoms with Gasteiger partial charge in [-0.25, -0.2) is 4.98 Å². The Morgan fingerprint density at radius 3 is 3.00 bits per heavy atom. The zero-order chi connectivity index (χ0) is 17.9. The number of nitrogens with zero attached hydrogens (tertiary/aromatic N) is 3. The highest BCUT2D eigenvalue weighted by Crippen LogP contribution is 2.23. The minimum atomic E-state index is 0.465. The van der Waals surface area contributed by atoms with Gasteiger partial charge >= 0.3 is 0 Å². The summed E-state index contributed by atoms with van der Waals surface area (Å²) in [7, 11) is 1.70. The molecule has 0 aliphatic carbocycles. The average molecular weight is 349 g/mol. The summed E-state index contributed by atoms with van der Waals surface area (Å²) in [5, 5.41) is 14.2. The third kappa shape index (κ3) is 3.07. The van der Waals surface area contributed by atoms with Crippen LogP contribution in [0.1, 0.15) is 12.0 Å². The van der Waals surface area contributed by atoms with Gasteiger partial charge < -0.3 is 18.8 Å². The molecule has 4 rings (SSSR count). The normalized spacial score (nSPS) is 12.3. The molecule has 4 aromatic rings. The topological polar surface area (TPSA) is 72.3 Å². The smallest absolute Gasteiger partial charge is 0.155 e. The summed E-state index contributed by atoms with van der Waals surface area (Å²) in [5.41, 5.74) is 3.51. The van der Waals surface area contributed by atoms with Gasteiger partial charge in [0.1, 0.15) is 16.6 Å². The van der Waals surface area contributed by atoms with E-state index in [1.807, 2.05) is 47.0 Å². The van der Waals surface area contributed by atoms with Gasteiger partial charge in [0.25, 0.3) is 0 Å². The van der Waals surface area contributed by atoms with E-state index in [2.05, 4.69) is 10.1 Å². The van der Waals surface area contributed by atoms with Gasteiger partial charge in [-0.2, -0.15) is 0 Å². The van der Waals surface area contributed by atoms with Gasteiger partial charge in [-0.15, -0.1) is 0 Å². The monoisotopic (exact) mass is 349 g/mol. The quantitative estimate of drug-likeness (QED) is 0.339. The van der Waals surface area contributed by atoms with Crippen LogP contribution in [0, 0.1) is 0 Å². The highest BCUT2D eigenvalue weighted by molar-refractivity contribution is 5.79. The molecule has 132 valence electrons. The van der Waals surface area contributed by atoms with Crippen LogP contribution in [0.5, 0.6) is 0 Å². The lowest BCUT2D eigenvalue weighted by Gasteiger charge is -2.07. The highest BCUT2D eigenvalue weighted by Gasteiger charge is 2.09. The third-order valence-electron chi connectivity index (χ3n) is 4.40. The Bertz CT molecular complexity index is 1130. The van der Waals surface area contributed by atoms with Crippen molar-refractivity contribution in [2.24, 2.45) is 5.16 Å². The molecule has 0 amide bonds. The number of fused-ring (bicyclic) bond motifs is 2. The van der Waals surface area contributed by atoms with E-state index >= 15 is 0 Å². The first kappa shape index (κ1) is 16.4. The summed E-state index contributed by atoms with van der Waals surface area (Å²) in [5.74, 6) is 0.557. The molecule has 0 spiro atoms. The van der Waals surface area contributed by atoms with Gasteiger partial charge in [-0.05, 0) is 48.7 Å². The van der Waals surface area contributed by atoms with Crippen LogP contribution >= 0.6 is 0 Å². The largest absolute Gasteiger partial charge is 0.454 e. The van der Waals surface area contributed by atoms with Gasteiger partial charge in [0.05, 0.1) is 6.33 Å². The second-order valence-corrected chi connectivity index (χ2v) is 6.14. The lowest BCUT2D eigenvalue weighted by atomic mass is 10.1. The Labute approximate surface area is 150 Å². The Hall–Kier alpha value is -3.12. The van der Waals surface area contributed by atoms with Crippen molar-refractivity contribution in [3.8, 4) is 11.5 Å². The van der Waals surface area contributed by atoms with E-state index in [0.717, 1.165) is 29.3 Å². The molecule has 0 aliphatic rings. The second kappa shape index (κ2) is 7.01. The number of methoxy groups -OCH3 is 1. The Kier molecular flexibility index (Phi) is 4.41. The standard InChI is InChI=1S/C20H19N3O3/c1-25-9-3-4-14-6-7-19-16(10-14)17(22-24)12-20(26-19)18-11-15-5-2-8-23(15)13-21-18/h2,5-8,10-13,24H,3-4,9H2,1H3. The predicted octanol–water partition coefficient (Wildman–Crippen LogP) is 3.62. The molecule has 0 aliphatic heterocycles. The van der Waals surface area contributed by atoms with Crippen LogP contribution in [0.25, 0.3) is 27.9 Å². The Morgan fingerprint density at radius 1 is 1.23 bits per heavy atom. The van der Waals surface area contributed by atoms with Crippen LogP contribution in [0.3, 0.4) is 0 Å². The van der Waals surface area contributed by atoms with Gasteiger partial charge in [0.2, 0.25) is 0 Å². The van der Waals surface area contributed by atoms with E-state index in [1.54, 1.807) is 19.5 Å². The van der Waals surface area contributed by atoms with E-state index in [1.165, 1.54) is 0 Å². The lowest BCUT2D eigenvalue weighted by molar-refractivity contribution is 0.195. The molecule has 1 N–H and O–H groups in total. The maximum Gasteiger partial charge on any atom is 0.155 e. The second-order valence-electron chi connectivity index (χ2n) is 6.14. The molecule has 6 nitrogen and oxygen atoms in total.